The largest absolute Gasteiger partial charge is 0.356 e. The molecule has 1 aliphatic heterocycles. The molecule has 0 aliphatic carbocycles. The Bertz CT molecular complexity index is 880. The zero-order chi connectivity index (χ0) is 21.8. The second kappa shape index (κ2) is 9.42. The third-order valence-corrected chi connectivity index (χ3v) is 5.54. The number of nitrogens with zero attached hydrogens (tertiary/aromatic N) is 3. The van der Waals surface area contributed by atoms with Gasteiger partial charge in [-0.15, -0.1) is 0 Å². The summed E-state index contributed by atoms with van der Waals surface area (Å²) < 4.78 is 15.4. The number of rotatable bonds is 7. The number of carbonyl (C=O) groups excluding carboxylic acids is 2. The highest BCUT2D eigenvalue weighted by Crippen LogP contribution is 2.23. The summed E-state index contributed by atoms with van der Waals surface area (Å²) in [6.07, 6.45) is 2.60. The van der Waals surface area contributed by atoms with Gasteiger partial charge in [0.1, 0.15) is 11.7 Å². The molecule has 0 spiro atoms. The molecule has 2 amide bonds. The summed E-state index contributed by atoms with van der Waals surface area (Å²) in [7, 11) is 7.22. The van der Waals surface area contributed by atoms with Gasteiger partial charge in [-0.2, -0.15) is 5.10 Å². The predicted molar refractivity (Wildman–Crippen MR) is 113 cm³/mol. The third kappa shape index (κ3) is 4.56. The Morgan fingerprint density at radius 2 is 2.00 bits per heavy atom. The average Bonchev–Trinajstić information content (AvgIpc) is 3.33. The predicted octanol–water partition coefficient (Wildman–Crippen LogP) is 1.53. The maximum atomic E-state index is 13.9. The van der Waals surface area contributed by atoms with Crippen LogP contribution in [0.25, 0.3) is 11.3 Å². The maximum absolute atomic E-state index is 13.9. The van der Waals surface area contributed by atoms with Crippen LogP contribution >= 0.6 is 0 Å². The quantitative estimate of drug-likeness (QED) is 0.678. The highest BCUT2D eigenvalue weighted by molar-refractivity contribution is 6.07. The number of benzene rings is 1. The molecule has 0 saturated carbocycles. The lowest BCUT2D eigenvalue weighted by Gasteiger charge is -2.30. The van der Waals surface area contributed by atoms with Crippen LogP contribution in [0.4, 0.5) is 4.39 Å². The molecule has 2 aromatic rings. The molecule has 7 nitrogen and oxygen atoms in total. The molecule has 2 unspecified atom stereocenters. The number of likely N-dealkylation sites (tertiary alicyclic amines) is 1. The Balaban J connectivity index is 1.61. The van der Waals surface area contributed by atoms with E-state index >= 15 is 0 Å². The summed E-state index contributed by atoms with van der Waals surface area (Å²) in [6, 6.07) is 6.27. The van der Waals surface area contributed by atoms with E-state index in [4.69, 9.17) is 7.98 Å². The first kappa shape index (κ1) is 22.0. The lowest BCUT2D eigenvalue weighted by atomic mass is 10.0. The summed E-state index contributed by atoms with van der Waals surface area (Å²) in [5.41, 5.74) is 2.01. The molecule has 1 aromatic carbocycles. The second-order valence-corrected chi connectivity index (χ2v) is 7.96. The Morgan fingerprint density at radius 3 is 2.57 bits per heavy atom. The van der Waals surface area contributed by atoms with Crippen molar-refractivity contribution in [3.05, 3.63) is 41.8 Å². The van der Waals surface area contributed by atoms with Crippen molar-refractivity contribution >= 4 is 19.8 Å². The van der Waals surface area contributed by atoms with Crippen molar-refractivity contribution in [3.8, 4) is 11.3 Å². The number of hydrogen-bond acceptors (Lipinski definition) is 4. The van der Waals surface area contributed by atoms with Gasteiger partial charge in [-0.3, -0.25) is 14.3 Å². The van der Waals surface area contributed by atoms with Crippen molar-refractivity contribution < 1.29 is 14.0 Å². The van der Waals surface area contributed by atoms with Gasteiger partial charge >= 0.3 is 0 Å². The van der Waals surface area contributed by atoms with Crippen molar-refractivity contribution in [2.45, 2.75) is 45.3 Å². The van der Waals surface area contributed by atoms with E-state index in [1.807, 2.05) is 26.0 Å². The van der Waals surface area contributed by atoms with E-state index in [0.29, 0.717) is 30.8 Å². The average molecular weight is 411 g/mol. The van der Waals surface area contributed by atoms with E-state index in [1.54, 1.807) is 24.1 Å². The van der Waals surface area contributed by atoms with Gasteiger partial charge in [0.05, 0.1) is 12.2 Å². The Morgan fingerprint density at radius 1 is 1.30 bits per heavy atom. The normalized spacial score (nSPS) is 17.4. The molecule has 1 aliphatic rings. The van der Waals surface area contributed by atoms with Crippen molar-refractivity contribution in [1.29, 1.82) is 0 Å². The lowest BCUT2D eigenvalue weighted by Crippen LogP contribution is -2.53. The summed E-state index contributed by atoms with van der Waals surface area (Å²) in [6.45, 7) is 4.70. The number of carbonyl (C=O) groups is 2. The number of nitrogens with one attached hydrogen (secondary N) is 2. The SMILES string of the molecule is [B]NC(C(=O)N1CCCC1C(=O)NCc1ccc(-c2c(F)cnn2C)cc1)C(C)C. The van der Waals surface area contributed by atoms with Crippen LogP contribution in [-0.4, -0.2) is 53.1 Å². The van der Waals surface area contributed by atoms with E-state index in [1.165, 1.54) is 10.9 Å². The van der Waals surface area contributed by atoms with Gasteiger partial charge in [0.15, 0.2) is 13.8 Å². The molecule has 3 rings (SSSR count). The molecule has 30 heavy (non-hydrogen) atoms. The van der Waals surface area contributed by atoms with Gasteiger partial charge < -0.3 is 15.4 Å². The molecule has 9 heteroatoms. The molecule has 0 bridgehead atoms. The summed E-state index contributed by atoms with van der Waals surface area (Å²) in [4.78, 5) is 27.1. The Labute approximate surface area is 177 Å². The van der Waals surface area contributed by atoms with E-state index in [9.17, 15) is 14.0 Å². The number of aromatic nitrogens is 2. The number of aryl methyl sites for hydroxylation is 1. The fraction of sp³-hybridized carbons (Fsp3) is 0.476. The maximum Gasteiger partial charge on any atom is 0.243 e. The number of amides is 2. The highest BCUT2D eigenvalue weighted by Gasteiger charge is 2.37. The van der Waals surface area contributed by atoms with Crippen LogP contribution in [0.15, 0.2) is 30.5 Å². The third-order valence-electron chi connectivity index (χ3n) is 5.54. The molecule has 158 valence electrons. The minimum atomic E-state index is -0.515. The summed E-state index contributed by atoms with van der Waals surface area (Å²) in [5.74, 6) is -0.680. The number of halogens is 1. The van der Waals surface area contributed by atoms with Gasteiger partial charge in [0.2, 0.25) is 11.8 Å². The van der Waals surface area contributed by atoms with Crippen LogP contribution in [-0.2, 0) is 23.2 Å². The van der Waals surface area contributed by atoms with Gasteiger partial charge in [-0.25, -0.2) is 4.39 Å². The molecule has 1 saturated heterocycles. The van der Waals surface area contributed by atoms with Crippen molar-refractivity contribution in [2.24, 2.45) is 13.0 Å². The van der Waals surface area contributed by atoms with Gasteiger partial charge in [0.25, 0.3) is 0 Å². The second-order valence-electron chi connectivity index (χ2n) is 7.96. The van der Waals surface area contributed by atoms with Crippen LogP contribution in [0.5, 0.6) is 0 Å². The fourth-order valence-corrected chi connectivity index (χ4v) is 3.85. The first-order valence-corrected chi connectivity index (χ1v) is 10.1. The Hall–Kier alpha value is -2.68. The minimum absolute atomic E-state index is 0.0228. The van der Waals surface area contributed by atoms with Crippen molar-refractivity contribution in [2.75, 3.05) is 6.54 Å². The van der Waals surface area contributed by atoms with Crippen molar-refractivity contribution in [1.82, 2.24) is 25.2 Å². The van der Waals surface area contributed by atoms with Crippen LogP contribution in [0.3, 0.4) is 0 Å². The van der Waals surface area contributed by atoms with E-state index < -0.39 is 12.1 Å². The van der Waals surface area contributed by atoms with Gasteiger partial charge in [0, 0.05) is 25.7 Å². The standard InChI is InChI=1S/C21H27BFN5O2/c1-13(2)18(26-22)21(30)28-10-4-5-17(28)20(29)24-11-14-6-8-15(9-7-14)19-16(23)12-25-27(19)3/h6-9,12-13,17-18,26H,4-5,10-11H2,1-3H3,(H,24,29). The number of hydrogen-bond donors (Lipinski definition) is 2. The molecule has 2 atom stereocenters. The topological polar surface area (TPSA) is 79.3 Å². The van der Waals surface area contributed by atoms with Crippen LogP contribution in [0.1, 0.15) is 32.3 Å². The lowest BCUT2D eigenvalue weighted by molar-refractivity contribution is -0.140. The zero-order valence-electron chi connectivity index (χ0n) is 17.6. The summed E-state index contributed by atoms with van der Waals surface area (Å²) >= 11 is 0. The first-order valence-electron chi connectivity index (χ1n) is 10.1. The van der Waals surface area contributed by atoms with Crippen LogP contribution < -0.4 is 10.5 Å². The van der Waals surface area contributed by atoms with E-state index in [2.05, 4.69) is 15.6 Å². The smallest absolute Gasteiger partial charge is 0.243 e. The van der Waals surface area contributed by atoms with Gasteiger partial charge in [-0.1, -0.05) is 38.1 Å². The van der Waals surface area contributed by atoms with Crippen molar-refractivity contribution in [3.63, 3.8) is 0 Å². The molecule has 2 heterocycles. The zero-order valence-corrected chi connectivity index (χ0v) is 17.6. The molecular formula is C21H27BFN5O2. The summed E-state index contributed by atoms with van der Waals surface area (Å²) in [5, 5.41) is 9.39. The molecular weight excluding hydrogens is 384 g/mol. The molecule has 1 aromatic heterocycles. The fourth-order valence-electron chi connectivity index (χ4n) is 3.85. The van der Waals surface area contributed by atoms with E-state index in [0.717, 1.165) is 12.0 Å². The monoisotopic (exact) mass is 411 g/mol. The minimum Gasteiger partial charge on any atom is -0.356 e. The van der Waals surface area contributed by atoms with Crippen LogP contribution in [0, 0.1) is 11.7 Å². The first-order chi connectivity index (χ1) is 14.3. The highest BCUT2D eigenvalue weighted by atomic mass is 19.1. The van der Waals surface area contributed by atoms with E-state index in [-0.39, 0.29) is 23.5 Å². The van der Waals surface area contributed by atoms with Gasteiger partial charge in [-0.05, 0) is 24.3 Å². The Kier molecular flexibility index (Phi) is 6.92. The molecule has 2 radical (unpaired) electrons. The molecule has 1 fully saturated rings. The van der Waals surface area contributed by atoms with Crippen LogP contribution in [0.2, 0.25) is 0 Å². The molecule has 2 N–H and O–H groups in total.